The van der Waals surface area contributed by atoms with Gasteiger partial charge in [-0.15, -0.1) is 0 Å². The molecule has 2 fully saturated rings. The second kappa shape index (κ2) is 21.9. The van der Waals surface area contributed by atoms with E-state index >= 15 is 0 Å². The third-order valence-corrected chi connectivity index (χ3v) is 9.55. The molecule has 7 nitrogen and oxygen atoms in total. The van der Waals surface area contributed by atoms with Gasteiger partial charge in [-0.2, -0.15) is 0 Å². The lowest BCUT2D eigenvalue weighted by Gasteiger charge is -2.33. The standard InChI is InChI=1S/C23H26FN3O.C17H30N2O.C2H6/c1-5-15(2)14-27-17(4)22(16(3)25)23(26)18-9-11-20(12-10-18)28-21-8-6-7-19(24)13-21;1-4-14(2)15-10-12-19(13-15)17(20)9-6-11-18(3)16-7-5-8-16;1-2/h6-14,26H,5,25H2,1-4H3;6,9,14-16H,4-5,7-8,10-13H2,1-3H3;1-2H3/b15-14+,22-16-,26-23?,27-17+;9-6+;. The Hall–Kier alpha value is -4.04. The van der Waals surface area contributed by atoms with Crippen LogP contribution in [-0.4, -0.2) is 59.9 Å². The van der Waals surface area contributed by atoms with Gasteiger partial charge in [-0.3, -0.25) is 20.1 Å². The number of carbonyl (C=O) groups excluding carboxylic acids is 1. The average Bonchev–Trinajstić information content (AvgIpc) is 3.58. The molecule has 1 saturated carbocycles. The van der Waals surface area contributed by atoms with Crippen molar-refractivity contribution in [3.8, 4) is 11.5 Å². The van der Waals surface area contributed by atoms with E-state index < -0.39 is 0 Å². The van der Waals surface area contributed by atoms with Gasteiger partial charge in [0.2, 0.25) is 5.91 Å². The Morgan fingerprint density at radius 3 is 2.34 bits per heavy atom. The van der Waals surface area contributed by atoms with E-state index in [9.17, 15) is 9.18 Å². The fourth-order valence-electron chi connectivity index (χ4n) is 5.71. The maximum Gasteiger partial charge on any atom is 0.246 e. The van der Waals surface area contributed by atoms with Crippen LogP contribution in [0, 0.1) is 23.1 Å². The van der Waals surface area contributed by atoms with Crippen molar-refractivity contribution in [1.82, 2.24) is 9.80 Å². The molecule has 1 aliphatic carbocycles. The van der Waals surface area contributed by atoms with Gasteiger partial charge in [-0.05, 0) is 102 Å². The molecule has 1 heterocycles. The number of allylic oxidation sites excluding steroid dienone is 3. The van der Waals surface area contributed by atoms with Gasteiger partial charge in [0.25, 0.3) is 0 Å². The van der Waals surface area contributed by atoms with Gasteiger partial charge in [0.05, 0.1) is 5.71 Å². The number of halogens is 1. The van der Waals surface area contributed by atoms with Gasteiger partial charge in [0, 0.05) is 66.6 Å². The lowest BCUT2D eigenvalue weighted by atomic mass is 9.91. The van der Waals surface area contributed by atoms with Gasteiger partial charge < -0.3 is 15.4 Å². The highest BCUT2D eigenvalue weighted by Crippen LogP contribution is 2.27. The number of nitrogens with zero attached hydrogens (tertiary/aromatic N) is 3. The molecule has 8 heteroatoms. The minimum Gasteiger partial charge on any atom is -0.457 e. The summed E-state index contributed by atoms with van der Waals surface area (Å²) < 4.78 is 18.9. The van der Waals surface area contributed by atoms with Crippen molar-refractivity contribution in [3.05, 3.63) is 95.1 Å². The van der Waals surface area contributed by atoms with E-state index in [1.54, 1.807) is 49.4 Å². The number of likely N-dealkylation sites (tertiary alicyclic amines) is 1. The van der Waals surface area contributed by atoms with Crippen LogP contribution < -0.4 is 10.5 Å². The van der Waals surface area contributed by atoms with Crippen molar-refractivity contribution in [2.75, 3.05) is 26.7 Å². The van der Waals surface area contributed by atoms with E-state index in [1.165, 1.54) is 44.2 Å². The molecule has 2 unspecified atom stereocenters. The third kappa shape index (κ3) is 13.3. The monoisotopic (exact) mass is 687 g/mol. The van der Waals surface area contributed by atoms with E-state index in [2.05, 4.69) is 37.7 Å². The van der Waals surface area contributed by atoms with Crippen LogP contribution in [0.3, 0.4) is 0 Å². The van der Waals surface area contributed by atoms with Crippen LogP contribution in [0.25, 0.3) is 0 Å². The Morgan fingerprint density at radius 2 is 1.78 bits per heavy atom. The van der Waals surface area contributed by atoms with Crippen LogP contribution in [0.2, 0.25) is 0 Å². The van der Waals surface area contributed by atoms with Gasteiger partial charge in [-0.25, -0.2) is 4.39 Å². The number of carbonyl (C=O) groups is 1. The molecule has 1 amide bonds. The molecule has 2 atom stereocenters. The van der Waals surface area contributed by atoms with Gasteiger partial charge in [0.15, 0.2) is 0 Å². The summed E-state index contributed by atoms with van der Waals surface area (Å²) in [7, 11) is 2.16. The zero-order chi connectivity index (χ0) is 37.2. The summed E-state index contributed by atoms with van der Waals surface area (Å²) in [6.45, 7) is 19.0. The zero-order valence-electron chi connectivity index (χ0n) is 32.1. The van der Waals surface area contributed by atoms with Crippen LogP contribution in [-0.2, 0) is 4.79 Å². The maximum atomic E-state index is 13.3. The number of hydrogen-bond acceptors (Lipinski definition) is 6. The maximum absolute atomic E-state index is 13.3. The highest BCUT2D eigenvalue weighted by Gasteiger charge is 2.28. The van der Waals surface area contributed by atoms with Crippen molar-refractivity contribution >= 4 is 17.3 Å². The Kier molecular flexibility index (Phi) is 18.5. The third-order valence-electron chi connectivity index (χ3n) is 9.55. The second-order valence-electron chi connectivity index (χ2n) is 13.2. The minimum absolute atomic E-state index is 0.206. The molecule has 2 aromatic rings. The predicted octanol–water partition coefficient (Wildman–Crippen LogP) is 9.94. The SMILES string of the molecule is CC.CC/C(C)=C/N=C(C)/C(C(=N)c1ccc(Oc2cccc(F)c2)cc1)=C(\C)N.CCC(C)C1CCN(C(=O)/C=C/CN(C)C2CCC2)C1. The van der Waals surface area contributed by atoms with Gasteiger partial charge in [-0.1, -0.05) is 65.2 Å². The van der Waals surface area contributed by atoms with Crippen molar-refractivity contribution in [3.63, 3.8) is 0 Å². The number of ether oxygens (including phenoxy) is 1. The highest BCUT2D eigenvalue weighted by molar-refractivity contribution is 6.28. The molecular weight excluding hydrogens is 625 g/mol. The van der Waals surface area contributed by atoms with E-state index in [4.69, 9.17) is 15.9 Å². The zero-order valence-corrected chi connectivity index (χ0v) is 32.1. The summed E-state index contributed by atoms with van der Waals surface area (Å²) in [5.74, 6) is 2.27. The lowest BCUT2D eigenvalue weighted by molar-refractivity contribution is -0.125. The first-order valence-electron chi connectivity index (χ1n) is 18.4. The van der Waals surface area contributed by atoms with Crippen molar-refractivity contribution < 1.29 is 13.9 Å². The Bertz CT molecular complexity index is 1490. The summed E-state index contributed by atoms with van der Waals surface area (Å²) in [6, 6.07) is 13.7. The highest BCUT2D eigenvalue weighted by atomic mass is 19.1. The number of rotatable bonds is 13. The molecule has 3 N–H and O–H groups in total. The predicted molar refractivity (Wildman–Crippen MR) is 209 cm³/mol. The molecule has 2 aromatic carbocycles. The summed E-state index contributed by atoms with van der Waals surface area (Å²) in [5.41, 5.74) is 10.0. The number of amides is 1. The number of hydrogen-bond donors (Lipinski definition) is 2. The van der Waals surface area contributed by atoms with Crippen LogP contribution >= 0.6 is 0 Å². The molecule has 0 radical (unpaired) electrons. The Labute approximate surface area is 301 Å². The molecule has 274 valence electrons. The number of likely N-dealkylation sites (N-methyl/N-ethyl adjacent to an activating group) is 1. The lowest BCUT2D eigenvalue weighted by Crippen LogP contribution is -2.37. The Morgan fingerprint density at radius 1 is 1.10 bits per heavy atom. The van der Waals surface area contributed by atoms with Gasteiger partial charge in [0.1, 0.15) is 17.3 Å². The van der Waals surface area contributed by atoms with Crippen LogP contribution in [0.1, 0.15) is 99.5 Å². The average molecular weight is 688 g/mol. The minimum atomic E-state index is -0.355. The number of benzene rings is 2. The molecule has 0 spiro atoms. The van der Waals surface area contributed by atoms with Crippen LogP contribution in [0.4, 0.5) is 4.39 Å². The molecule has 2 aliphatic rings. The first kappa shape index (κ1) is 42.1. The van der Waals surface area contributed by atoms with Crippen LogP contribution in [0.15, 0.2) is 88.7 Å². The van der Waals surface area contributed by atoms with Crippen LogP contribution in [0.5, 0.6) is 11.5 Å². The fraction of sp³-hybridized carbons (Fsp3) is 0.500. The first-order chi connectivity index (χ1) is 23.9. The largest absolute Gasteiger partial charge is 0.457 e. The Balaban J connectivity index is 0.000000347. The second-order valence-corrected chi connectivity index (χ2v) is 13.2. The quantitative estimate of drug-likeness (QED) is 0.162. The van der Waals surface area contributed by atoms with E-state index in [0.29, 0.717) is 45.7 Å². The number of aliphatic imine (C=N–C) groups is 1. The number of nitrogens with one attached hydrogen (secondary N) is 1. The normalized spacial score (nSPS) is 17.7. The molecule has 1 saturated heterocycles. The molecule has 0 bridgehead atoms. The van der Waals surface area contributed by atoms with Crippen molar-refractivity contribution in [2.45, 2.75) is 100.0 Å². The topological polar surface area (TPSA) is 95.0 Å². The van der Waals surface area contributed by atoms with Gasteiger partial charge >= 0.3 is 0 Å². The molecule has 50 heavy (non-hydrogen) atoms. The molecular formula is C42H62FN5O2. The molecule has 4 rings (SSSR count). The first-order valence-corrected chi connectivity index (χ1v) is 18.4. The number of nitrogens with two attached hydrogens (primary N) is 1. The molecule has 1 aliphatic heterocycles. The summed E-state index contributed by atoms with van der Waals surface area (Å²) >= 11 is 0. The van der Waals surface area contributed by atoms with E-state index in [0.717, 1.165) is 43.6 Å². The van der Waals surface area contributed by atoms with Crippen molar-refractivity contribution in [2.24, 2.45) is 22.6 Å². The smallest absolute Gasteiger partial charge is 0.246 e. The fourth-order valence-corrected chi connectivity index (χ4v) is 5.71. The van der Waals surface area contributed by atoms with E-state index in [1.807, 2.05) is 44.9 Å². The van der Waals surface area contributed by atoms with E-state index in [-0.39, 0.29) is 11.7 Å². The summed E-state index contributed by atoms with van der Waals surface area (Å²) in [6.07, 6.45) is 12.9. The summed E-state index contributed by atoms with van der Waals surface area (Å²) in [5, 5.41) is 8.57. The van der Waals surface area contributed by atoms with Crippen molar-refractivity contribution in [1.29, 1.82) is 5.41 Å². The molecule has 0 aromatic heterocycles. The summed E-state index contributed by atoms with van der Waals surface area (Å²) in [4.78, 5) is 21.0.